The van der Waals surface area contributed by atoms with Crippen LogP contribution in [0.1, 0.15) is 54.4 Å². The van der Waals surface area contributed by atoms with Gasteiger partial charge in [-0.2, -0.15) is 0 Å². The maximum atomic E-state index is 13.4. The van der Waals surface area contributed by atoms with E-state index in [0.29, 0.717) is 40.7 Å². The van der Waals surface area contributed by atoms with Gasteiger partial charge in [0, 0.05) is 12.0 Å². The monoisotopic (exact) mass is 535 g/mol. The molecule has 5 rings (SSSR count). The number of aromatic nitrogens is 2. The number of ketones is 1. The van der Waals surface area contributed by atoms with Crippen LogP contribution in [0, 0.1) is 6.92 Å². The van der Waals surface area contributed by atoms with Crippen LogP contribution in [0.5, 0.6) is 17.2 Å². The molecule has 9 nitrogen and oxygen atoms in total. The van der Waals surface area contributed by atoms with Crippen LogP contribution < -0.4 is 19.1 Å². The molecule has 10 heteroatoms. The number of rotatable bonds is 8. The Morgan fingerprint density at radius 3 is 2.71 bits per heavy atom. The molecule has 38 heavy (non-hydrogen) atoms. The summed E-state index contributed by atoms with van der Waals surface area (Å²) in [5.74, 6) is -0.0799. The second-order valence-corrected chi connectivity index (χ2v) is 10.5. The summed E-state index contributed by atoms with van der Waals surface area (Å²) in [5, 5.41) is 20.6. The fraction of sp³-hybridized carbons (Fsp3) is 0.357. The quantitative estimate of drug-likeness (QED) is 0.186. The highest BCUT2D eigenvalue weighted by Crippen LogP contribution is 2.45. The number of fused-ring (bicyclic) bond motifs is 1. The molecular weight excluding hydrogens is 506 g/mol. The molecule has 1 amide bonds. The molecule has 3 heterocycles. The van der Waals surface area contributed by atoms with Gasteiger partial charge in [-0.1, -0.05) is 30.7 Å². The fourth-order valence-electron chi connectivity index (χ4n) is 4.75. The number of ether oxygens (including phenoxy) is 3. The first-order valence-electron chi connectivity index (χ1n) is 12.5. The molecule has 3 aromatic rings. The van der Waals surface area contributed by atoms with Gasteiger partial charge in [-0.3, -0.25) is 14.5 Å². The zero-order chi connectivity index (χ0) is 27.0. The highest BCUT2D eigenvalue weighted by atomic mass is 32.1. The first kappa shape index (κ1) is 25.7. The second kappa shape index (κ2) is 10.4. The number of hydrogen-bond acceptors (Lipinski definition) is 9. The smallest absolute Gasteiger partial charge is 0.301 e. The lowest BCUT2D eigenvalue weighted by atomic mass is 9.94. The summed E-state index contributed by atoms with van der Waals surface area (Å²) in [6.45, 7) is 6.36. The molecule has 0 radical (unpaired) electrons. The number of amides is 1. The van der Waals surface area contributed by atoms with Crippen molar-refractivity contribution < 1.29 is 28.9 Å². The van der Waals surface area contributed by atoms with Crippen LogP contribution in [0.3, 0.4) is 0 Å². The van der Waals surface area contributed by atoms with Crippen LogP contribution >= 0.6 is 11.3 Å². The molecule has 1 aromatic heterocycles. The van der Waals surface area contributed by atoms with Gasteiger partial charge in [0.2, 0.25) is 5.13 Å². The molecular formula is C28H29N3O6S. The van der Waals surface area contributed by atoms with Crippen LogP contribution in [-0.2, 0) is 16.0 Å². The number of aliphatic hydroxyl groups excluding tert-OH is 1. The number of carbonyl (C=O) groups is 2. The van der Waals surface area contributed by atoms with Crippen molar-refractivity contribution in [3.05, 3.63) is 63.7 Å². The van der Waals surface area contributed by atoms with Crippen molar-refractivity contribution in [3.63, 3.8) is 0 Å². The van der Waals surface area contributed by atoms with E-state index < -0.39 is 17.7 Å². The normalized spacial score (nSPS) is 19.9. The molecule has 2 atom stereocenters. The zero-order valence-corrected chi connectivity index (χ0v) is 22.5. The van der Waals surface area contributed by atoms with E-state index in [1.54, 1.807) is 43.3 Å². The predicted octanol–water partition coefficient (Wildman–Crippen LogP) is 4.98. The molecule has 0 unspecified atom stereocenters. The molecule has 0 spiro atoms. The first-order valence-corrected chi connectivity index (χ1v) is 13.4. The minimum atomic E-state index is -0.940. The van der Waals surface area contributed by atoms with Gasteiger partial charge in [-0.05, 0) is 61.7 Å². The number of unbranched alkanes of at least 4 members (excludes halogenated alkanes) is 1. The van der Waals surface area contributed by atoms with Crippen LogP contribution in [0.15, 0.2) is 42.0 Å². The third-order valence-electron chi connectivity index (χ3n) is 6.59. The molecule has 2 aliphatic rings. The van der Waals surface area contributed by atoms with E-state index >= 15 is 0 Å². The highest BCUT2D eigenvalue weighted by Gasteiger charge is 2.48. The lowest BCUT2D eigenvalue weighted by Gasteiger charge is -2.23. The van der Waals surface area contributed by atoms with E-state index in [1.807, 2.05) is 6.92 Å². The van der Waals surface area contributed by atoms with Crippen LogP contribution in [0.2, 0.25) is 0 Å². The number of aryl methyl sites for hydroxylation is 1. The van der Waals surface area contributed by atoms with E-state index in [-0.39, 0.29) is 22.6 Å². The summed E-state index contributed by atoms with van der Waals surface area (Å²) in [4.78, 5) is 28.1. The largest absolute Gasteiger partial charge is 0.507 e. The lowest BCUT2D eigenvalue weighted by molar-refractivity contribution is -0.132. The van der Waals surface area contributed by atoms with Crippen LogP contribution in [0.25, 0.3) is 5.76 Å². The van der Waals surface area contributed by atoms with E-state index in [0.717, 1.165) is 24.2 Å². The molecule has 0 saturated carbocycles. The van der Waals surface area contributed by atoms with Crippen molar-refractivity contribution in [2.24, 2.45) is 0 Å². The van der Waals surface area contributed by atoms with Crippen LogP contribution in [0.4, 0.5) is 5.13 Å². The Morgan fingerprint density at radius 1 is 1.18 bits per heavy atom. The van der Waals surface area contributed by atoms with Crippen molar-refractivity contribution in [1.82, 2.24) is 10.2 Å². The second-order valence-electron chi connectivity index (χ2n) is 9.34. The lowest BCUT2D eigenvalue weighted by Crippen LogP contribution is -2.29. The molecule has 1 fully saturated rings. The van der Waals surface area contributed by atoms with Gasteiger partial charge >= 0.3 is 5.91 Å². The predicted molar refractivity (Wildman–Crippen MR) is 143 cm³/mol. The van der Waals surface area contributed by atoms with Crippen molar-refractivity contribution in [2.45, 2.75) is 52.2 Å². The summed E-state index contributed by atoms with van der Waals surface area (Å²) >= 11 is 1.20. The number of aliphatic hydroxyl groups is 1. The Balaban J connectivity index is 1.64. The SMILES string of the molecule is CCCCOc1ccc([C@H]2C(=C(O)c3ccc4c(c3)C[C@@H](C)O4)C(=O)C(=O)N2c2nnc(C)s2)cc1OC. The summed E-state index contributed by atoms with van der Waals surface area (Å²) < 4.78 is 17.2. The van der Waals surface area contributed by atoms with Crippen molar-refractivity contribution >= 4 is 33.9 Å². The van der Waals surface area contributed by atoms with Gasteiger partial charge in [-0.15, -0.1) is 10.2 Å². The number of hydrogen-bond donors (Lipinski definition) is 1. The average Bonchev–Trinajstić information content (AvgIpc) is 3.58. The molecule has 2 aliphatic heterocycles. The Kier molecular flexibility index (Phi) is 7.07. The fourth-order valence-corrected chi connectivity index (χ4v) is 5.47. The van der Waals surface area contributed by atoms with Crippen molar-refractivity contribution in [3.8, 4) is 17.2 Å². The van der Waals surface area contributed by atoms with Crippen molar-refractivity contribution in [1.29, 1.82) is 0 Å². The van der Waals surface area contributed by atoms with E-state index in [1.165, 1.54) is 23.3 Å². The maximum absolute atomic E-state index is 13.4. The Morgan fingerprint density at radius 2 is 2.00 bits per heavy atom. The molecule has 2 aromatic carbocycles. The molecule has 0 bridgehead atoms. The summed E-state index contributed by atoms with van der Waals surface area (Å²) in [6, 6.07) is 9.58. The number of benzene rings is 2. The average molecular weight is 536 g/mol. The summed E-state index contributed by atoms with van der Waals surface area (Å²) in [6.07, 6.45) is 2.60. The van der Waals surface area contributed by atoms with Gasteiger partial charge in [-0.25, -0.2) is 0 Å². The topological polar surface area (TPSA) is 111 Å². The third-order valence-corrected chi connectivity index (χ3v) is 7.43. The standard InChI is InChI=1S/C28H29N3O6S/c1-5-6-11-36-21-10-7-17(14-22(21)35-4)24-23(26(33)27(34)31(24)28-30-29-16(3)38-28)25(32)18-8-9-20-19(13-18)12-15(2)37-20/h7-10,13-15,24,32H,5-6,11-12H2,1-4H3/t15-,24+/m1/s1. The van der Waals surface area contributed by atoms with E-state index in [2.05, 4.69) is 17.1 Å². The Hall–Kier alpha value is -3.92. The number of methoxy groups -OCH3 is 1. The molecule has 1 saturated heterocycles. The van der Waals surface area contributed by atoms with Crippen LogP contribution in [-0.4, -0.2) is 46.8 Å². The number of nitrogens with zero attached hydrogens (tertiary/aromatic N) is 3. The number of anilines is 1. The Labute approximate surface area is 224 Å². The van der Waals surface area contributed by atoms with Gasteiger partial charge in [0.15, 0.2) is 11.5 Å². The van der Waals surface area contributed by atoms with Crippen molar-refractivity contribution in [2.75, 3.05) is 18.6 Å². The van der Waals surface area contributed by atoms with E-state index in [4.69, 9.17) is 14.2 Å². The highest BCUT2D eigenvalue weighted by molar-refractivity contribution is 7.15. The minimum absolute atomic E-state index is 0.0270. The van der Waals surface area contributed by atoms with Gasteiger partial charge in [0.1, 0.15) is 22.6 Å². The van der Waals surface area contributed by atoms with E-state index in [9.17, 15) is 14.7 Å². The van der Waals surface area contributed by atoms with Gasteiger partial charge in [0.05, 0.1) is 25.3 Å². The number of Topliss-reactive ketones (excluding diaryl/α,β-unsaturated/α-hetero) is 1. The minimum Gasteiger partial charge on any atom is -0.507 e. The molecule has 1 N–H and O–H groups in total. The third kappa shape index (κ3) is 4.60. The maximum Gasteiger partial charge on any atom is 0.301 e. The van der Waals surface area contributed by atoms with Gasteiger partial charge in [0.25, 0.3) is 5.78 Å². The molecule has 198 valence electrons. The zero-order valence-electron chi connectivity index (χ0n) is 21.7. The summed E-state index contributed by atoms with van der Waals surface area (Å²) in [5.41, 5.74) is 1.90. The summed E-state index contributed by atoms with van der Waals surface area (Å²) in [7, 11) is 1.53. The Bertz CT molecular complexity index is 1430. The number of carbonyl (C=O) groups excluding carboxylic acids is 2. The molecule has 0 aliphatic carbocycles. The van der Waals surface area contributed by atoms with Gasteiger partial charge < -0.3 is 19.3 Å². The first-order chi connectivity index (χ1) is 18.3.